The minimum absolute atomic E-state index is 0.182. The van der Waals surface area contributed by atoms with Crippen LogP contribution in [-0.2, 0) is 6.54 Å². The van der Waals surface area contributed by atoms with Crippen molar-refractivity contribution in [2.24, 2.45) is 0 Å². The lowest BCUT2D eigenvalue weighted by Crippen LogP contribution is -2.24. The van der Waals surface area contributed by atoms with Gasteiger partial charge in [-0.05, 0) is 42.3 Å². The Labute approximate surface area is 150 Å². The maximum Gasteiger partial charge on any atom is 0.257 e. The van der Waals surface area contributed by atoms with Crippen molar-refractivity contribution < 1.29 is 13.9 Å². The normalized spacial score (nSPS) is 10.4. The van der Waals surface area contributed by atoms with Gasteiger partial charge in [-0.25, -0.2) is 9.37 Å². The zero-order chi connectivity index (χ0) is 18.7. The van der Waals surface area contributed by atoms with Gasteiger partial charge in [0.2, 0.25) is 5.88 Å². The van der Waals surface area contributed by atoms with Gasteiger partial charge in [-0.1, -0.05) is 18.2 Å². The minimum Gasteiger partial charge on any atom is -0.480 e. The smallest absolute Gasteiger partial charge is 0.257 e. The fourth-order valence-corrected chi connectivity index (χ4v) is 2.80. The van der Waals surface area contributed by atoms with Crippen LogP contribution in [0.15, 0.2) is 42.5 Å². The Morgan fingerprint density at radius 3 is 2.81 bits per heavy atom. The van der Waals surface area contributed by atoms with Gasteiger partial charge in [-0.2, -0.15) is 5.26 Å². The van der Waals surface area contributed by atoms with Crippen LogP contribution in [0, 0.1) is 24.1 Å². The number of hydrogen-bond acceptors (Lipinski definition) is 4. The van der Waals surface area contributed by atoms with Gasteiger partial charge in [0.25, 0.3) is 5.91 Å². The molecule has 0 aliphatic carbocycles. The molecule has 1 N–H and O–H groups in total. The van der Waals surface area contributed by atoms with Crippen molar-refractivity contribution in [2.75, 3.05) is 7.11 Å². The number of halogens is 1. The summed E-state index contributed by atoms with van der Waals surface area (Å²) in [5.74, 6) is -0.532. The van der Waals surface area contributed by atoms with Crippen molar-refractivity contribution in [1.82, 2.24) is 10.3 Å². The molecular formula is C20H16FN3O2. The van der Waals surface area contributed by atoms with Crippen LogP contribution in [0.3, 0.4) is 0 Å². The Morgan fingerprint density at radius 2 is 2.12 bits per heavy atom. The van der Waals surface area contributed by atoms with E-state index < -0.39 is 0 Å². The molecule has 0 saturated carbocycles. The standard InChI is InChI=1S/C20H16FN3O2/c1-12-16-7-6-13(10-22)9-17(16)24-20(26-2)18(12)19(25)23-11-14-4-3-5-15(21)8-14/h3-9H,11H2,1-2H3,(H,23,25). The summed E-state index contributed by atoms with van der Waals surface area (Å²) in [4.78, 5) is 17.1. The first-order valence-corrected chi connectivity index (χ1v) is 7.94. The number of benzene rings is 2. The minimum atomic E-state index is -0.359. The average Bonchev–Trinajstić information content (AvgIpc) is 2.65. The number of rotatable bonds is 4. The van der Waals surface area contributed by atoms with Crippen molar-refractivity contribution in [1.29, 1.82) is 5.26 Å². The summed E-state index contributed by atoms with van der Waals surface area (Å²) < 4.78 is 18.6. The molecule has 0 bridgehead atoms. The largest absolute Gasteiger partial charge is 0.480 e. The summed E-state index contributed by atoms with van der Waals surface area (Å²) in [7, 11) is 1.44. The van der Waals surface area contributed by atoms with Crippen LogP contribution >= 0.6 is 0 Å². The number of carbonyl (C=O) groups is 1. The van der Waals surface area contributed by atoms with Crippen LogP contribution < -0.4 is 10.1 Å². The third-order valence-electron chi connectivity index (χ3n) is 4.10. The first-order valence-electron chi connectivity index (χ1n) is 7.94. The second kappa shape index (κ2) is 7.19. The molecule has 130 valence electrons. The van der Waals surface area contributed by atoms with Crippen LogP contribution in [0.25, 0.3) is 10.9 Å². The number of pyridine rings is 1. The molecule has 0 aliphatic heterocycles. The molecule has 0 spiro atoms. The van der Waals surface area contributed by atoms with E-state index in [1.807, 2.05) is 0 Å². The molecule has 3 aromatic rings. The second-order valence-corrected chi connectivity index (χ2v) is 5.78. The Kier molecular flexibility index (Phi) is 4.81. The summed E-state index contributed by atoms with van der Waals surface area (Å²) in [5, 5.41) is 12.6. The molecule has 6 heteroatoms. The van der Waals surface area contributed by atoms with E-state index in [1.165, 1.54) is 19.2 Å². The molecule has 26 heavy (non-hydrogen) atoms. The molecule has 0 saturated heterocycles. The van der Waals surface area contributed by atoms with E-state index in [9.17, 15) is 9.18 Å². The number of methoxy groups -OCH3 is 1. The molecule has 1 heterocycles. The molecule has 0 aliphatic rings. The first-order chi connectivity index (χ1) is 12.5. The Balaban J connectivity index is 1.96. The van der Waals surface area contributed by atoms with Crippen molar-refractivity contribution >= 4 is 16.8 Å². The molecule has 3 rings (SSSR count). The number of nitrogens with zero attached hydrogens (tertiary/aromatic N) is 2. The quantitative estimate of drug-likeness (QED) is 0.782. The van der Waals surface area contributed by atoms with Crippen LogP contribution in [0.2, 0.25) is 0 Å². The van der Waals surface area contributed by atoms with Gasteiger partial charge in [0, 0.05) is 11.9 Å². The predicted molar refractivity (Wildman–Crippen MR) is 95.3 cm³/mol. The van der Waals surface area contributed by atoms with Gasteiger partial charge in [0.1, 0.15) is 11.4 Å². The molecule has 0 fully saturated rings. The number of fused-ring (bicyclic) bond motifs is 1. The number of carbonyl (C=O) groups excluding carboxylic acids is 1. The van der Waals surface area contributed by atoms with Crippen LogP contribution in [0.1, 0.15) is 27.0 Å². The Hall–Kier alpha value is -3.46. The van der Waals surface area contributed by atoms with Gasteiger partial charge in [-0.15, -0.1) is 0 Å². The SMILES string of the molecule is COc1nc2cc(C#N)ccc2c(C)c1C(=O)NCc1cccc(F)c1. The lowest BCUT2D eigenvalue weighted by Gasteiger charge is -2.14. The molecule has 0 atom stereocenters. The molecule has 0 unspecified atom stereocenters. The van der Waals surface area contributed by atoms with Crippen LogP contribution in [0.4, 0.5) is 4.39 Å². The summed E-state index contributed by atoms with van der Waals surface area (Å²) in [6, 6.07) is 13.2. The molecule has 1 amide bonds. The second-order valence-electron chi connectivity index (χ2n) is 5.78. The van der Waals surface area contributed by atoms with Gasteiger partial charge in [-0.3, -0.25) is 4.79 Å². The maximum absolute atomic E-state index is 13.3. The summed E-state index contributed by atoms with van der Waals surface area (Å²) in [6.45, 7) is 1.99. The van der Waals surface area contributed by atoms with Crippen molar-refractivity contribution in [3.05, 3.63) is 70.5 Å². The topological polar surface area (TPSA) is 75.0 Å². The third-order valence-corrected chi connectivity index (χ3v) is 4.10. The summed E-state index contributed by atoms with van der Waals surface area (Å²) in [6.07, 6.45) is 0. The summed E-state index contributed by atoms with van der Waals surface area (Å²) in [5.41, 5.74) is 2.74. The molecule has 0 radical (unpaired) electrons. The third kappa shape index (κ3) is 3.33. The number of aromatic nitrogens is 1. The van der Waals surface area contributed by atoms with Crippen molar-refractivity contribution in [2.45, 2.75) is 13.5 Å². The lowest BCUT2D eigenvalue weighted by atomic mass is 10.0. The Bertz CT molecular complexity index is 1040. The van der Waals surface area contributed by atoms with Gasteiger partial charge >= 0.3 is 0 Å². The number of nitrogens with one attached hydrogen (secondary N) is 1. The van der Waals surface area contributed by atoms with E-state index in [0.29, 0.717) is 27.8 Å². The zero-order valence-corrected chi connectivity index (χ0v) is 14.3. The fraction of sp³-hybridized carbons (Fsp3) is 0.150. The number of amides is 1. The molecule has 2 aromatic carbocycles. The van der Waals surface area contributed by atoms with Crippen molar-refractivity contribution in [3.8, 4) is 11.9 Å². The monoisotopic (exact) mass is 349 g/mol. The zero-order valence-electron chi connectivity index (χ0n) is 14.3. The van der Waals surface area contributed by atoms with Gasteiger partial charge in [0.15, 0.2) is 0 Å². The van der Waals surface area contributed by atoms with E-state index in [1.54, 1.807) is 37.3 Å². The molecule has 1 aromatic heterocycles. The highest BCUT2D eigenvalue weighted by Gasteiger charge is 2.19. The first kappa shape index (κ1) is 17.4. The molecular weight excluding hydrogens is 333 g/mol. The highest BCUT2D eigenvalue weighted by molar-refractivity contribution is 6.02. The highest BCUT2D eigenvalue weighted by Crippen LogP contribution is 2.28. The van der Waals surface area contributed by atoms with E-state index >= 15 is 0 Å². The van der Waals surface area contributed by atoms with Crippen LogP contribution in [-0.4, -0.2) is 18.0 Å². The number of aryl methyl sites for hydroxylation is 1. The van der Waals surface area contributed by atoms with E-state index in [-0.39, 0.29) is 24.1 Å². The van der Waals surface area contributed by atoms with Crippen LogP contribution in [0.5, 0.6) is 5.88 Å². The molecule has 5 nitrogen and oxygen atoms in total. The van der Waals surface area contributed by atoms with E-state index in [4.69, 9.17) is 10.00 Å². The van der Waals surface area contributed by atoms with E-state index in [0.717, 1.165) is 5.39 Å². The van der Waals surface area contributed by atoms with Gasteiger partial charge in [0.05, 0.1) is 24.3 Å². The number of ether oxygens (including phenoxy) is 1. The number of nitriles is 1. The number of hydrogen-bond donors (Lipinski definition) is 1. The predicted octanol–water partition coefficient (Wildman–Crippen LogP) is 3.49. The van der Waals surface area contributed by atoms with Crippen molar-refractivity contribution in [3.63, 3.8) is 0 Å². The fourth-order valence-electron chi connectivity index (χ4n) is 2.80. The summed E-state index contributed by atoms with van der Waals surface area (Å²) >= 11 is 0. The van der Waals surface area contributed by atoms with Gasteiger partial charge < -0.3 is 10.1 Å². The Morgan fingerprint density at radius 1 is 1.31 bits per heavy atom. The highest BCUT2D eigenvalue weighted by atomic mass is 19.1. The maximum atomic E-state index is 13.3. The lowest BCUT2D eigenvalue weighted by molar-refractivity contribution is 0.0946. The van der Waals surface area contributed by atoms with E-state index in [2.05, 4.69) is 16.4 Å². The average molecular weight is 349 g/mol.